The number of nitrogens with two attached hydrogens (primary N) is 1. The van der Waals surface area contributed by atoms with Gasteiger partial charge in [0.2, 0.25) is 5.91 Å². The molecule has 4 heteroatoms. The Morgan fingerprint density at radius 2 is 2.05 bits per heavy atom. The summed E-state index contributed by atoms with van der Waals surface area (Å²) in [6.45, 7) is 6.98. The molecule has 0 fully saturated rings. The first-order chi connectivity index (χ1) is 9.48. The van der Waals surface area contributed by atoms with Gasteiger partial charge in [-0.25, -0.2) is 0 Å². The monoisotopic (exact) mass is 294 g/mol. The molecular weight excluding hydrogens is 268 g/mol. The summed E-state index contributed by atoms with van der Waals surface area (Å²) in [5, 5.41) is 3.09. The van der Waals surface area contributed by atoms with Crippen molar-refractivity contribution in [2.75, 3.05) is 18.5 Å². The Morgan fingerprint density at radius 1 is 1.40 bits per heavy atom. The van der Waals surface area contributed by atoms with Crippen LogP contribution in [0.4, 0.5) is 5.69 Å². The molecule has 0 bridgehead atoms. The smallest absolute Gasteiger partial charge is 0.227 e. The zero-order valence-electron chi connectivity index (χ0n) is 12.9. The van der Waals surface area contributed by atoms with E-state index in [9.17, 15) is 4.79 Å². The van der Waals surface area contributed by atoms with Gasteiger partial charge in [-0.05, 0) is 43.7 Å². The highest BCUT2D eigenvalue weighted by atomic mass is 32.2. The third-order valence-electron chi connectivity index (χ3n) is 4.11. The molecule has 3 nitrogen and oxygen atoms in total. The van der Waals surface area contributed by atoms with Crippen LogP contribution in [0.25, 0.3) is 0 Å². The molecule has 0 aliphatic heterocycles. The zero-order valence-corrected chi connectivity index (χ0v) is 13.7. The molecule has 0 radical (unpaired) electrons. The summed E-state index contributed by atoms with van der Waals surface area (Å²) < 4.78 is 0.144. The molecule has 0 aromatic heterocycles. The summed E-state index contributed by atoms with van der Waals surface area (Å²) in [6, 6.07) is 7.54. The molecule has 0 aliphatic carbocycles. The van der Waals surface area contributed by atoms with E-state index in [2.05, 4.69) is 25.4 Å². The molecule has 1 unspecified atom stereocenters. The van der Waals surface area contributed by atoms with Crippen molar-refractivity contribution in [3.05, 3.63) is 29.8 Å². The normalized spacial score (nSPS) is 13.0. The van der Waals surface area contributed by atoms with Gasteiger partial charge in [0.05, 0.1) is 5.92 Å². The first-order valence-corrected chi connectivity index (χ1v) is 8.38. The molecule has 1 rings (SSSR count). The largest absolute Gasteiger partial charge is 0.399 e. The van der Waals surface area contributed by atoms with E-state index in [-0.39, 0.29) is 16.6 Å². The van der Waals surface area contributed by atoms with Crippen LogP contribution in [0.5, 0.6) is 0 Å². The van der Waals surface area contributed by atoms with E-state index in [1.165, 1.54) is 0 Å². The van der Waals surface area contributed by atoms with E-state index in [4.69, 9.17) is 5.73 Å². The van der Waals surface area contributed by atoms with Gasteiger partial charge >= 0.3 is 0 Å². The van der Waals surface area contributed by atoms with Crippen LogP contribution in [-0.2, 0) is 4.79 Å². The van der Waals surface area contributed by atoms with Crippen molar-refractivity contribution < 1.29 is 4.79 Å². The van der Waals surface area contributed by atoms with Crippen LogP contribution in [0.1, 0.15) is 45.1 Å². The van der Waals surface area contributed by atoms with Crippen LogP contribution in [0.15, 0.2) is 24.3 Å². The van der Waals surface area contributed by atoms with Crippen LogP contribution < -0.4 is 11.1 Å². The van der Waals surface area contributed by atoms with E-state index in [0.29, 0.717) is 12.2 Å². The van der Waals surface area contributed by atoms with Crippen molar-refractivity contribution in [1.29, 1.82) is 0 Å². The minimum Gasteiger partial charge on any atom is -0.399 e. The van der Waals surface area contributed by atoms with Gasteiger partial charge in [0.1, 0.15) is 0 Å². The maximum Gasteiger partial charge on any atom is 0.227 e. The Kier molecular flexibility index (Phi) is 6.40. The van der Waals surface area contributed by atoms with Crippen molar-refractivity contribution in [2.24, 2.45) is 0 Å². The van der Waals surface area contributed by atoms with Crippen LogP contribution >= 0.6 is 11.8 Å². The number of anilines is 1. The third-order valence-corrected chi connectivity index (χ3v) is 5.70. The number of rotatable bonds is 7. The zero-order chi connectivity index (χ0) is 15.2. The first-order valence-electron chi connectivity index (χ1n) is 7.16. The molecule has 20 heavy (non-hydrogen) atoms. The lowest BCUT2D eigenvalue weighted by atomic mass is 9.98. The average molecular weight is 294 g/mol. The number of carbonyl (C=O) groups is 1. The number of nitrogen functional groups attached to an aromatic ring is 1. The number of hydrogen-bond donors (Lipinski definition) is 2. The highest BCUT2D eigenvalue weighted by Gasteiger charge is 2.26. The fourth-order valence-corrected chi connectivity index (χ4v) is 3.04. The van der Waals surface area contributed by atoms with Crippen molar-refractivity contribution in [3.63, 3.8) is 0 Å². The predicted molar refractivity (Wildman–Crippen MR) is 89.1 cm³/mol. The molecule has 0 spiro atoms. The number of benzene rings is 1. The number of carbonyl (C=O) groups excluding carboxylic acids is 1. The molecule has 0 saturated heterocycles. The van der Waals surface area contributed by atoms with Gasteiger partial charge in [-0.1, -0.05) is 26.0 Å². The minimum absolute atomic E-state index is 0.0657. The van der Waals surface area contributed by atoms with E-state index >= 15 is 0 Å². The SMILES string of the molecule is CCC(CC)(CNC(=O)C(C)c1cccc(N)c1)SC. The van der Waals surface area contributed by atoms with Gasteiger partial charge in [-0.2, -0.15) is 11.8 Å². The summed E-state index contributed by atoms with van der Waals surface area (Å²) >= 11 is 1.83. The molecule has 0 saturated carbocycles. The van der Waals surface area contributed by atoms with Crippen LogP contribution in [0.2, 0.25) is 0 Å². The highest BCUT2D eigenvalue weighted by Crippen LogP contribution is 2.29. The minimum atomic E-state index is -0.174. The van der Waals surface area contributed by atoms with Crippen LogP contribution in [0, 0.1) is 0 Å². The molecule has 0 aliphatic rings. The van der Waals surface area contributed by atoms with Crippen molar-refractivity contribution in [1.82, 2.24) is 5.32 Å². The molecule has 1 aromatic rings. The Hall–Kier alpha value is -1.16. The molecule has 1 atom stereocenters. The van der Waals surface area contributed by atoms with Crippen molar-refractivity contribution >= 4 is 23.4 Å². The van der Waals surface area contributed by atoms with Crippen molar-refractivity contribution in [2.45, 2.75) is 44.3 Å². The second-order valence-corrected chi connectivity index (χ2v) is 6.48. The summed E-state index contributed by atoms with van der Waals surface area (Å²) in [5.41, 5.74) is 7.43. The molecular formula is C16H26N2OS. The second kappa shape index (κ2) is 7.58. The lowest BCUT2D eigenvalue weighted by Crippen LogP contribution is -2.41. The predicted octanol–water partition coefficient (Wildman–Crippen LogP) is 3.41. The first kappa shape index (κ1) is 16.9. The van der Waals surface area contributed by atoms with Crippen molar-refractivity contribution in [3.8, 4) is 0 Å². The molecule has 3 N–H and O–H groups in total. The quantitative estimate of drug-likeness (QED) is 0.758. The van der Waals surface area contributed by atoms with Gasteiger partial charge in [0.25, 0.3) is 0 Å². The fraction of sp³-hybridized carbons (Fsp3) is 0.562. The van der Waals surface area contributed by atoms with E-state index in [1.807, 2.05) is 43.0 Å². The van der Waals surface area contributed by atoms with Gasteiger partial charge < -0.3 is 11.1 Å². The second-order valence-electron chi connectivity index (χ2n) is 5.20. The maximum absolute atomic E-state index is 12.3. The average Bonchev–Trinajstić information content (AvgIpc) is 2.48. The summed E-state index contributed by atoms with van der Waals surface area (Å²) in [6.07, 6.45) is 4.22. The lowest BCUT2D eigenvalue weighted by molar-refractivity contribution is -0.122. The summed E-state index contributed by atoms with van der Waals surface area (Å²) in [4.78, 5) is 12.3. The standard InChI is InChI=1S/C16H26N2OS/c1-5-16(6-2,20-4)11-18-15(19)12(3)13-8-7-9-14(17)10-13/h7-10,12H,5-6,11,17H2,1-4H3,(H,18,19). The molecule has 0 heterocycles. The van der Waals surface area contributed by atoms with Gasteiger partial charge in [0, 0.05) is 17.0 Å². The fourth-order valence-electron chi connectivity index (χ4n) is 2.24. The Bertz CT molecular complexity index is 436. The lowest BCUT2D eigenvalue weighted by Gasteiger charge is -2.30. The molecule has 112 valence electrons. The number of amides is 1. The third kappa shape index (κ3) is 4.17. The van der Waals surface area contributed by atoms with Gasteiger partial charge in [-0.3, -0.25) is 4.79 Å². The summed E-state index contributed by atoms with van der Waals surface area (Å²) in [7, 11) is 0. The van der Waals surface area contributed by atoms with Gasteiger partial charge in [-0.15, -0.1) is 0 Å². The summed E-state index contributed by atoms with van der Waals surface area (Å²) in [5.74, 6) is -0.109. The van der Waals surface area contributed by atoms with E-state index in [1.54, 1.807) is 0 Å². The van der Waals surface area contributed by atoms with Crippen LogP contribution in [0.3, 0.4) is 0 Å². The Balaban J connectivity index is 2.67. The van der Waals surface area contributed by atoms with Gasteiger partial charge in [0.15, 0.2) is 0 Å². The maximum atomic E-state index is 12.3. The van der Waals surface area contributed by atoms with Crippen LogP contribution in [-0.4, -0.2) is 23.5 Å². The topological polar surface area (TPSA) is 55.1 Å². The molecule has 1 amide bonds. The Labute approximate surface area is 126 Å². The Morgan fingerprint density at radius 3 is 2.55 bits per heavy atom. The molecule has 1 aromatic carbocycles. The number of hydrogen-bond acceptors (Lipinski definition) is 3. The van der Waals surface area contributed by atoms with E-state index in [0.717, 1.165) is 18.4 Å². The van der Waals surface area contributed by atoms with E-state index < -0.39 is 0 Å². The number of thioether (sulfide) groups is 1. The highest BCUT2D eigenvalue weighted by molar-refractivity contribution is 8.00. The number of nitrogens with one attached hydrogen (secondary N) is 1.